The normalized spacial score (nSPS) is 29.5. The number of piperazine rings is 1. The van der Waals surface area contributed by atoms with Crippen molar-refractivity contribution < 1.29 is 53.4 Å². The average molecular weight is 941 g/mol. The van der Waals surface area contributed by atoms with Crippen LogP contribution in [0.2, 0.25) is 0 Å². The third-order valence-corrected chi connectivity index (χ3v) is 13.8. The standard InChI is InChI=1S/C51H64N4O13/c1-24(2)23-54-16-18-55(19-17-54)32-21-33(57)39-35(22-32)67-48-40(52-39)36-37-44(60)30(8)47-38(36)49(62)51(10,68-47)65-20-15-34(64-11)27(5)46(66-31(9)56)29(7)43(59)28(6)42(58)25(3)13-12-14-26(4)50(63)53-41(48)45(37)61/h12-15,20-22,24-25,27-29,34,42-43,46,58-60,62H,16-19,23H2,1-11H3,(H,53,63)/b13-12+,20-15+,26-14-. The number of fused-ring (bicyclic) bond motifs is 2. The number of nitrogens with one attached hydrogen (secondary N) is 1. The molecular formula is C51H64N4O13. The van der Waals surface area contributed by atoms with Crippen LogP contribution < -0.4 is 31.0 Å². The van der Waals surface area contributed by atoms with Crippen LogP contribution in [0, 0.1) is 36.5 Å². The van der Waals surface area contributed by atoms with Crippen molar-refractivity contribution in [2.45, 2.75) is 99.4 Å². The molecule has 17 heteroatoms. The van der Waals surface area contributed by atoms with Gasteiger partial charge in [0.2, 0.25) is 10.9 Å². The minimum atomic E-state index is -1.98. The van der Waals surface area contributed by atoms with Gasteiger partial charge in [-0.25, -0.2) is 4.98 Å². The number of aromatic nitrogens is 1. The van der Waals surface area contributed by atoms with Crippen molar-refractivity contribution >= 4 is 62.0 Å². The molecule has 3 aliphatic rings. The number of aromatic hydroxyl groups is 1. The molecule has 7 rings (SSSR count). The molecule has 4 aromatic rings. The molecule has 366 valence electrons. The fourth-order valence-corrected chi connectivity index (χ4v) is 9.76. The Morgan fingerprint density at radius 2 is 1.65 bits per heavy atom. The zero-order valence-corrected chi connectivity index (χ0v) is 40.6. The van der Waals surface area contributed by atoms with Gasteiger partial charge >= 0.3 is 11.8 Å². The van der Waals surface area contributed by atoms with Crippen molar-refractivity contribution in [1.82, 2.24) is 9.88 Å². The highest BCUT2D eigenvalue weighted by atomic mass is 16.7. The van der Waals surface area contributed by atoms with Crippen LogP contribution in [0.15, 0.2) is 62.3 Å². The number of ether oxygens (including phenoxy) is 4. The van der Waals surface area contributed by atoms with E-state index in [0.717, 1.165) is 19.6 Å². The molecule has 9 unspecified atom stereocenters. The molecule has 3 aliphatic heterocycles. The number of allylic oxidation sites excluding steroid dienone is 2. The summed E-state index contributed by atoms with van der Waals surface area (Å²) in [6, 6.07) is 3.16. The van der Waals surface area contributed by atoms with Gasteiger partial charge in [-0.2, -0.15) is 0 Å². The Labute approximate surface area is 394 Å². The molecule has 1 aromatic heterocycles. The predicted octanol–water partition coefficient (Wildman–Crippen LogP) is 5.34. The number of amides is 1. The van der Waals surface area contributed by atoms with Crippen molar-refractivity contribution in [1.29, 1.82) is 0 Å². The maximum absolute atomic E-state index is 14.9. The molecule has 0 spiro atoms. The molecule has 1 saturated heterocycles. The van der Waals surface area contributed by atoms with Crippen LogP contribution >= 0.6 is 0 Å². The molecule has 17 nitrogen and oxygen atoms in total. The van der Waals surface area contributed by atoms with E-state index < -0.39 is 88.1 Å². The van der Waals surface area contributed by atoms with E-state index in [4.69, 9.17) is 28.3 Å². The highest BCUT2D eigenvalue weighted by Gasteiger charge is 2.44. The van der Waals surface area contributed by atoms with Gasteiger partial charge in [0, 0.05) is 112 Å². The molecule has 5 N–H and O–H groups in total. The van der Waals surface area contributed by atoms with Crippen LogP contribution in [-0.2, 0) is 23.8 Å². The van der Waals surface area contributed by atoms with Gasteiger partial charge in [0.1, 0.15) is 28.8 Å². The Morgan fingerprint density at radius 1 is 0.956 bits per heavy atom. The number of carbonyl (C=O) groups excluding carboxylic acids is 2. The quantitative estimate of drug-likeness (QED) is 0.0966. The van der Waals surface area contributed by atoms with E-state index in [1.165, 1.54) is 59.3 Å². The smallest absolute Gasteiger partial charge is 0.307 e. The first-order valence-corrected chi connectivity index (χ1v) is 23.2. The lowest BCUT2D eigenvalue weighted by Gasteiger charge is -2.38. The number of hydrogen-bond donors (Lipinski definition) is 5. The van der Waals surface area contributed by atoms with Gasteiger partial charge < -0.3 is 54.0 Å². The van der Waals surface area contributed by atoms with E-state index in [-0.39, 0.29) is 60.8 Å². The second-order valence-corrected chi connectivity index (χ2v) is 19.2. The summed E-state index contributed by atoms with van der Waals surface area (Å²) < 4.78 is 30.5. The summed E-state index contributed by atoms with van der Waals surface area (Å²) in [7, 11) is 1.45. The number of aliphatic hydroxyl groups is 3. The lowest BCUT2D eigenvalue weighted by atomic mass is 9.78. The zero-order chi connectivity index (χ0) is 49.7. The fourth-order valence-electron chi connectivity index (χ4n) is 9.76. The number of phenols is 1. The van der Waals surface area contributed by atoms with Crippen LogP contribution in [0.4, 0.5) is 11.4 Å². The van der Waals surface area contributed by atoms with Crippen LogP contribution in [0.5, 0.6) is 11.5 Å². The summed E-state index contributed by atoms with van der Waals surface area (Å²) in [5.41, 5.74) is -1.35. The average Bonchev–Trinajstić information content (AvgIpc) is 3.56. The fraction of sp³-hybridized carbons (Fsp3) is 0.510. The maximum Gasteiger partial charge on any atom is 0.307 e. The number of esters is 1. The van der Waals surface area contributed by atoms with Gasteiger partial charge in [-0.1, -0.05) is 59.8 Å². The van der Waals surface area contributed by atoms with Crippen LogP contribution in [-0.4, -0.2) is 112 Å². The first kappa shape index (κ1) is 49.9. The van der Waals surface area contributed by atoms with Crippen molar-refractivity contribution in [2.24, 2.45) is 29.6 Å². The molecule has 4 bridgehead atoms. The monoisotopic (exact) mass is 940 g/mol. The second-order valence-electron chi connectivity index (χ2n) is 19.2. The number of hydrogen-bond acceptors (Lipinski definition) is 16. The zero-order valence-electron chi connectivity index (χ0n) is 40.6. The minimum Gasteiger partial charge on any atom is -0.507 e. The van der Waals surface area contributed by atoms with E-state index >= 15 is 0 Å². The van der Waals surface area contributed by atoms with Crippen LogP contribution in [0.3, 0.4) is 0 Å². The van der Waals surface area contributed by atoms with Crippen LogP contribution in [0.1, 0.15) is 67.9 Å². The van der Waals surface area contributed by atoms with E-state index in [2.05, 4.69) is 29.0 Å². The SMILES string of the molecule is COC1/C=C/OC2(C)Oc3c(C)c(O)c4c(=O)c(c5oc6cc(N7CCN(CC(C)C)CC7)cc(=O)c6nc5c4c3=C2O)NC(=O)/C(C)=C\C=C\C(C)C(O)C(C)C(O)C(C)C(OC(C)=O)C1C. The maximum atomic E-state index is 14.9. The summed E-state index contributed by atoms with van der Waals surface area (Å²) in [5, 5.41) is 49.3. The van der Waals surface area contributed by atoms with Gasteiger partial charge in [0.05, 0.1) is 35.2 Å². The number of rotatable bonds is 5. The summed E-state index contributed by atoms with van der Waals surface area (Å²) in [4.78, 5) is 64.7. The lowest BCUT2D eigenvalue weighted by Crippen LogP contribution is -2.47. The Morgan fingerprint density at radius 3 is 2.29 bits per heavy atom. The summed E-state index contributed by atoms with van der Waals surface area (Å²) in [5.74, 6) is -6.43. The third-order valence-electron chi connectivity index (χ3n) is 13.8. The van der Waals surface area contributed by atoms with E-state index in [0.29, 0.717) is 24.7 Å². The predicted molar refractivity (Wildman–Crippen MR) is 259 cm³/mol. The number of aliphatic hydroxyl groups excluding tert-OH is 3. The Balaban J connectivity index is 1.46. The summed E-state index contributed by atoms with van der Waals surface area (Å²) in [6.07, 6.45) is 3.57. The number of benzene rings is 3. The summed E-state index contributed by atoms with van der Waals surface area (Å²) in [6.45, 7) is 20.8. The van der Waals surface area contributed by atoms with Crippen molar-refractivity contribution in [3.05, 3.63) is 79.5 Å². The number of carbonyl (C=O) groups is 2. The number of phenolic OH excluding ortho intramolecular Hbond substituents is 1. The topological polar surface area (TPSA) is 231 Å². The molecule has 0 aliphatic carbocycles. The van der Waals surface area contributed by atoms with Crippen molar-refractivity contribution in [3.63, 3.8) is 0 Å². The van der Waals surface area contributed by atoms with Gasteiger partial charge in [0.15, 0.2) is 22.4 Å². The van der Waals surface area contributed by atoms with Gasteiger partial charge in [-0.05, 0) is 25.8 Å². The first-order valence-electron chi connectivity index (χ1n) is 23.2. The number of nitrogens with zero attached hydrogens (tertiary/aromatic N) is 3. The van der Waals surface area contributed by atoms with Crippen molar-refractivity contribution in [3.8, 4) is 11.5 Å². The largest absolute Gasteiger partial charge is 0.507 e. The summed E-state index contributed by atoms with van der Waals surface area (Å²) >= 11 is 0. The first-order chi connectivity index (χ1) is 32.1. The molecule has 0 saturated carbocycles. The number of anilines is 2. The molecule has 1 fully saturated rings. The minimum absolute atomic E-state index is 0.0390. The molecule has 3 aromatic carbocycles. The Kier molecular flexibility index (Phi) is 14.3. The number of methoxy groups -OCH3 is 1. The Bertz CT molecular complexity index is 2900. The molecule has 0 radical (unpaired) electrons. The van der Waals surface area contributed by atoms with Gasteiger partial charge in [0.25, 0.3) is 5.91 Å². The van der Waals surface area contributed by atoms with E-state index in [9.17, 15) is 39.6 Å². The lowest BCUT2D eigenvalue weighted by molar-refractivity contribution is -0.160. The Hall–Kier alpha value is -6.01. The van der Waals surface area contributed by atoms with Gasteiger partial charge in [-0.3, -0.25) is 24.1 Å². The van der Waals surface area contributed by atoms with Crippen molar-refractivity contribution in [2.75, 3.05) is 50.1 Å². The second kappa shape index (κ2) is 19.5. The third kappa shape index (κ3) is 9.28. The van der Waals surface area contributed by atoms with E-state index in [1.54, 1.807) is 45.9 Å². The van der Waals surface area contributed by atoms with Crippen LogP contribution in [0.25, 0.3) is 38.7 Å². The molecule has 9 atom stereocenters. The molecule has 68 heavy (non-hydrogen) atoms. The van der Waals surface area contributed by atoms with E-state index in [1.807, 2.05) is 0 Å². The molecule has 1 amide bonds. The molecular weight excluding hydrogens is 877 g/mol. The highest BCUT2D eigenvalue weighted by Crippen LogP contribution is 2.42. The highest BCUT2D eigenvalue weighted by molar-refractivity contribution is 6.16. The molecule has 4 heterocycles. The van der Waals surface area contributed by atoms with Gasteiger partial charge in [-0.15, -0.1) is 0 Å².